The second kappa shape index (κ2) is 8.51. The van der Waals surface area contributed by atoms with Crippen molar-refractivity contribution in [3.63, 3.8) is 0 Å². The van der Waals surface area contributed by atoms with Gasteiger partial charge in [0, 0.05) is 45.8 Å². The maximum absolute atomic E-state index is 6.48. The fourth-order valence-corrected chi connectivity index (χ4v) is 4.37. The highest BCUT2D eigenvalue weighted by molar-refractivity contribution is 6.33. The summed E-state index contributed by atoms with van der Waals surface area (Å²) in [7, 11) is 2.22. The van der Waals surface area contributed by atoms with E-state index in [0.29, 0.717) is 0 Å². The van der Waals surface area contributed by atoms with E-state index < -0.39 is 0 Å². The van der Waals surface area contributed by atoms with E-state index in [-0.39, 0.29) is 0 Å². The van der Waals surface area contributed by atoms with E-state index >= 15 is 0 Å². The summed E-state index contributed by atoms with van der Waals surface area (Å²) in [5.74, 6) is 0. The fraction of sp³-hybridized carbons (Fsp3) is 0.455. The van der Waals surface area contributed by atoms with Gasteiger partial charge in [0.15, 0.2) is 0 Å². The average Bonchev–Trinajstić information content (AvgIpc) is 2.70. The van der Waals surface area contributed by atoms with Crippen LogP contribution in [0.3, 0.4) is 0 Å². The average molecular weight is 385 g/mol. The molecule has 2 aliphatic rings. The van der Waals surface area contributed by atoms with Crippen LogP contribution in [0, 0.1) is 0 Å². The Morgan fingerprint density at radius 2 is 1.41 bits per heavy atom. The first kappa shape index (κ1) is 18.6. The molecule has 144 valence electrons. The zero-order valence-electron chi connectivity index (χ0n) is 16.1. The molecule has 0 spiro atoms. The van der Waals surface area contributed by atoms with Crippen molar-refractivity contribution in [3.8, 4) is 0 Å². The van der Waals surface area contributed by atoms with Crippen LogP contribution in [0.15, 0.2) is 48.5 Å². The van der Waals surface area contributed by atoms with E-state index in [0.717, 1.165) is 30.3 Å². The van der Waals surface area contributed by atoms with Gasteiger partial charge in [-0.05, 0) is 44.3 Å². The maximum Gasteiger partial charge on any atom is 0.0649 e. The number of likely N-dealkylation sites (N-methyl/N-ethyl adjacent to an activating group) is 1. The minimum absolute atomic E-state index is 0.816. The summed E-state index contributed by atoms with van der Waals surface area (Å²) < 4.78 is 0. The summed E-state index contributed by atoms with van der Waals surface area (Å²) >= 11 is 6.48. The van der Waals surface area contributed by atoms with Crippen LogP contribution in [-0.2, 0) is 0 Å². The van der Waals surface area contributed by atoms with Crippen molar-refractivity contribution in [3.05, 3.63) is 53.6 Å². The lowest BCUT2D eigenvalue weighted by molar-refractivity contribution is 0.153. The maximum atomic E-state index is 6.48. The number of piperazine rings is 1. The number of hydrogen-bond donors (Lipinski definition) is 0. The van der Waals surface area contributed by atoms with Crippen molar-refractivity contribution in [2.24, 2.45) is 0 Å². The van der Waals surface area contributed by atoms with Gasteiger partial charge < -0.3 is 19.6 Å². The third kappa shape index (κ3) is 4.23. The Hall–Kier alpha value is -1.75. The molecule has 27 heavy (non-hydrogen) atoms. The lowest BCUT2D eigenvalue weighted by Gasteiger charge is -2.39. The smallest absolute Gasteiger partial charge is 0.0649 e. The summed E-state index contributed by atoms with van der Waals surface area (Å²) in [6.45, 7) is 9.10. The molecular weight excluding hydrogens is 356 g/mol. The third-order valence-electron chi connectivity index (χ3n) is 5.75. The molecule has 2 aliphatic heterocycles. The summed E-state index contributed by atoms with van der Waals surface area (Å²) in [4.78, 5) is 9.92. The van der Waals surface area contributed by atoms with E-state index in [1.807, 2.05) is 12.1 Å². The van der Waals surface area contributed by atoms with Gasteiger partial charge in [0.1, 0.15) is 0 Å². The van der Waals surface area contributed by atoms with Gasteiger partial charge in [0.05, 0.1) is 22.1 Å². The first-order valence-electron chi connectivity index (χ1n) is 9.99. The quantitative estimate of drug-likeness (QED) is 0.774. The highest BCUT2D eigenvalue weighted by Gasteiger charge is 2.24. The van der Waals surface area contributed by atoms with E-state index in [2.05, 4.69) is 63.0 Å². The Bertz CT molecular complexity index is 757. The molecule has 0 aromatic heterocycles. The summed E-state index contributed by atoms with van der Waals surface area (Å²) in [5, 5.41) is 0.816. The second-order valence-corrected chi connectivity index (χ2v) is 7.98. The summed E-state index contributed by atoms with van der Waals surface area (Å²) in [5.41, 5.74) is 3.68. The third-order valence-corrected chi connectivity index (χ3v) is 6.07. The van der Waals surface area contributed by atoms with Crippen LogP contribution < -0.4 is 9.80 Å². The van der Waals surface area contributed by atoms with Gasteiger partial charge in [-0.15, -0.1) is 0 Å². The topological polar surface area (TPSA) is 13.0 Å². The predicted octanol–water partition coefficient (Wildman–Crippen LogP) is 3.94. The second-order valence-electron chi connectivity index (χ2n) is 7.58. The van der Waals surface area contributed by atoms with Crippen molar-refractivity contribution in [2.45, 2.75) is 6.42 Å². The van der Waals surface area contributed by atoms with E-state index in [9.17, 15) is 0 Å². The molecule has 0 bridgehead atoms. The number of halogens is 1. The summed E-state index contributed by atoms with van der Waals surface area (Å²) in [6.07, 6.45) is 1.21. The van der Waals surface area contributed by atoms with Crippen molar-refractivity contribution in [1.82, 2.24) is 9.80 Å². The monoisotopic (exact) mass is 384 g/mol. The van der Waals surface area contributed by atoms with Crippen LogP contribution in [0.25, 0.3) is 0 Å². The van der Waals surface area contributed by atoms with Gasteiger partial charge in [-0.3, -0.25) is 0 Å². The van der Waals surface area contributed by atoms with Crippen LogP contribution in [0.5, 0.6) is 0 Å². The summed E-state index contributed by atoms with van der Waals surface area (Å²) in [6, 6.07) is 16.9. The Morgan fingerprint density at radius 3 is 2.15 bits per heavy atom. The molecule has 0 aliphatic carbocycles. The van der Waals surface area contributed by atoms with Crippen LogP contribution in [-0.4, -0.2) is 69.2 Å². The molecule has 0 unspecified atom stereocenters. The molecule has 1 saturated heterocycles. The van der Waals surface area contributed by atoms with Gasteiger partial charge in [-0.1, -0.05) is 35.9 Å². The molecule has 0 atom stereocenters. The Morgan fingerprint density at radius 1 is 0.741 bits per heavy atom. The number of nitrogens with zero attached hydrogens (tertiary/aromatic N) is 4. The van der Waals surface area contributed by atoms with Crippen LogP contribution in [0.1, 0.15) is 6.42 Å². The van der Waals surface area contributed by atoms with Gasteiger partial charge in [0.2, 0.25) is 0 Å². The Kier molecular flexibility index (Phi) is 5.86. The number of rotatable bonds is 5. The highest BCUT2D eigenvalue weighted by atomic mass is 35.5. The van der Waals surface area contributed by atoms with Crippen LogP contribution in [0.4, 0.5) is 17.1 Å². The van der Waals surface area contributed by atoms with E-state index in [4.69, 9.17) is 11.6 Å². The molecule has 0 N–H and O–H groups in total. The molecule has 4 nitrogen and oxygen atoms in total. The highest BCUT2D eigenvalue weighted by Crippen LogP contribution is 2.39. The standard InChI is InChI=1S/C22H29ClN4/c1-24-13-15-25(16-14-24)11-6-12-26-17-18-27(20-8-3-2-7-19(20)23)22-10-5-4-9-21(22)26/h2-5,7-10H,6,11-18H2,1H3. The largest absolute Gasteiger partial charge is 0.368 e. The number of benzene rings is 2. The molecule has 0 radical (unpaired) electrons. The minimum Gasteiger partial charge on any atom is -0.368 e. The lowest BCUT2D eigenvalue weighted by Crippen LogP contribution is -2.45. The number of fused-ring (bicyclic) bond motifs is 1. The minimum atomic E-state index is 0.816. The molecule has 0 saturated carbocycles. The van der Waals surface area contributed by atoms with Gasteiger partial charge >= 0.3 is 0 Å². The molecule has 4 rings (SSSR count). The molecule has 2 aromatic carbocycles. The van der Waals surface area contributed by atoms with Crippen molar-refractivity contribution in [1.29, 1.82) is 0 Å². The molecule has 2 aromatic rings. The zero-order valence-corrected chi connectivity index (χ0v) is 16.9. The van der Waals surface area contributed by atoms with Crippen molar-refractivity contribution < 1.29 is 0 Å². The molecule has 5 heteroatoms. The van der Waals surface area contributed by atoms with Gasteiger partial charge in [0.25, 0.3) is 0 Å². The molecular formula is C22H29ClN4. The number of hydrogen-bond acceptors (Lipinski definition) is 4. The van der Waals surface area contributed by atoms with Gasteiger partial charge in [-0.25, -0.2) is 0 Å². The molecule has 1 fully saturated rings. The Labute approximate surface area is 167 Å². The number of anilines is 3. The van der Waals surface area contributed by atoms with Crippen LogP contribution >= 0.6 is 11.6 Å². The predicted molar refractivity (Wildman–Crippen MR) is 116 cm³/mol. The first-order valence-corrected chi connectivity index (χ1v) is 10.4. The normalized spacial score (nSPS) is 18.6. The SMILES string of the molecule is CN1CCN(CCCN2CCN(c3ccccc3Cl)c3ccccc32)CC1. The van der Waals surface area contributed by atoms with Crippen LogP contribution in [0.2, 0.25) is 5.02 Å². The first-order chi connectivity index (χ1) is 13.2. The van der Waals surface area contributed by atoms with E-state index in [1.54, 1.807) is 0 Å². The van der Waals surface area contributed by atoms with E-state index in [1.165, 1.54) is 50.5 Å². The zero-order chi connectivity index (χ0) is 18.6. The Balaban J connectivity index is 1.43. The number of para-hydroxylation sites is 3. The van der Waals surface area contributed by atoms with Crippen molar-refractivity contribution in [2.75, 3.05) is 69.2 Å². The lowest BCUT2D eigenvalue weighted by atomic mass is 10.1. The molecule has 0 amide bonds. The van der Waals surface area contributed by atoms with Gasteiger partial charge in [-0.2, -0.15) is 0 Å². The van der Waals surface area contributed by atoms with Crippen molar-refractivity contribution >= 4 is 28.7 Å². The fourth-order valence-electron chi connectivity index (χ4n) is 4.13. The molecule has 2 heterocycles.